The van der Waals surface area contributed by atoms with Crippen molar-refractivity contribution >= 4 is 49.2 Å². The van der Waals surface area contributed by atoms with E-state index < -0.39 is 10.0 Å². The molecule has 2 rings (SSSR count). The average Bonchev–Trinajstić information content (AvgIpc) is 2.71. The maximum absolute atomic E-state index is 12.3. The summed E-state index contributed by atoms with van der Waals surface area (Å²) in [7, 11) is -1.91. The van der Waals surface area contributed by atoms with Gasteiger partial charge in [-0.25, -0.2) is 13.1 Å². The molecule has 4 nitrogen and oxygen atoms in total. The van der Waals surface area contributed by atoms with Crippen LogP contribution in [-0.4, -0.2) is 13.0 Å². The average molecular weight is 398 g/mol. The molecule has 0 aliphatic heterocycles. The molecule has 2 aromatic rings. The van der Waals surface area contributed by atoms with Crippen molar-refractivity contribution in [1.82, 2.24) is 9.29 Å². The van der Waals surface area contributed by atoms with Crippen LogP contribution in [-0.2, 0) is 23.6 Å². The zero-order valence-corrected chi connectivity index (χ0v) is 14.3. The van der Waals surface area contributed by atoms with Crippen molar-refractivity contribution in [2.24, 2.45) is 7.05 Å². The molecule has 0 saturated carbocycles. The van der Waals surface area contributed by atoms with Gasteiger partial charge < -0.3 is 4.57 Å². The number of nitrogens with zero attached hydrogens (tertiary/aromatic N) is 1. The molecule has 0 fully saturated rings. The second-order valence-corrected chi connectivity index (χ2v) is 7.64. The molecular weight excluding hydrogens is 387 g/mol. The van der Waals surface area contributed by atoms with E-state index in [0.29, 0.717) is 4.47 Å². The van der Waals surface area contributed by atoms with E-state index in [2.05, 4.69) is 20.7 Å². The molecule has 0 amide bonds. The Labute approximate surface area is 135 Å². The van der Waals surface area contributed by atoms with Crippen molar-refractivity contribution in [1.29, 1.82) is 0 Å². The van der Waals surface area contributed by atoms with E-state index in [-0.39, 0.29) is 21.5 Å². The normalized spacial score (nSPS) is 11.8. The number of aryl methyl sites for hydroxylation is 1. The first-order chi connectivity index (χ1) is 9.29. The monoisotopic (exact) mass is 396 g/mol. The molecule has 20 heavy (non-hydrogen) atoms. The van der Waals surface area contributed by atoms with Crippen LogP contribution in [0, 0.1) is 0 Å². The van der Waals surface area contributed by atoms with Crippen LogP contribution in [0.4, 0.5) is 0 Å². The molecule has 1 aromatic carbocycles. The highest BCUT2D eigenvalue weighted by molar-refractivity contribution is 9.10. The number of aromatic nitrogens is 1. The number of benzene rings is 1. The van der Waals surface area contributed by atoms with Gasteiger partial charge in [-0.15, -0.1) is 0 Å². The third-order valence-corrected chi connectivity index (χ3v) is 5.37. The van der Waals surface area contributed by atoms with Gasteiger partial charge in [0.15, 0.2) is 0 Å². The SMILES string of the molecule is Cn1ccc(CNS(=O)(=O)c2c(Cl)cc(Br)cc2Cl)c1. The minimum atomic E-state index is -3.77. The van der Waals surface area contributed by atoms with Gasteiger partial charge in [0.05, 0.1) is 10.0 Å². The Morgan fingerprint density at radius 1 is 1.30 bits per heavy atom. The van der Waals surface area contributed by atoms with Gasteiger partial charge in [-0.3, -0.25) is 0 Å². The van der Waals surface area contributed by atoms with Crippen molar-refractivity contribution in [3.63, 3.8) is 0 Å². The Hall–Kier alpha value is -0.530. The van der Waals surface area contributed by atoms with E-state index >= 15 is 0 Å². The summed E-state index contributed by atoms with van der Waals surface area (Å²) in [5, 5.41) is 0.148. The molecule has 1 aromatic heterocycles. The van der Waals surface area contributed by atoms with Crippen LogP contribution in [0.15, 0.2) is 40.0 Å². The lowest BCUT2D eigenvalue weighted by atomic mass is 10.3. The first kappa shape index (κ1) is 15.9. The number of hydrogen-bond donors (Lipinski definition) is 1. The van der Waals surface area contributed by atoms with E-state index in [1.165, 1.54) is 12.1 Å². The van der Waals surface area contributed by atoms with E-state index in [0.717, 1.165) is 5.56 Å². The maximum atomic E-state index is 12.3. The third-order valence-electron chi connectivity index (χ3n) is 2.59. The summed E-state index contributed by atoms with van der Waals surface area (Å²) in [5.74, 6) is 0. The molecule has 0 bridgehead atoms. The van der Waals surface area contributed by atoms with Crippen molar-refractivity contribution in [2.45, 2.75) is 11.4 Å². The van der Waals surface area contributed by atoms with E-state index in [1.54, 1.807) is 0 Å². The number of rotatable bonds is 4. The zero-order valence-electron chi connectivity index (χ0n) is 10.4. The Bertz CT molecular complexity index is 721. The van der Waals surface area contributed by atoms with Crippen LogP contribution in [0.1, 0.15) is 5.56 Å². The van der Waals surface area contributed by atoms with Gasteiger partial charge in [-0.1, -0.05) is 39.1 Å². The molecule has 0 aliphatic rings. The predicted octanol–water partition coefficient (Wildman–Crippen LogP) is 3.57. The fraction of sp³-hybridized carbons (Fsp3) is 0.167. The summed E-state index contributed by atoms with van der Waals surface area (Å²) in [4.78, 5) is -0.111. The molecule has 1 N–H and O–H groups in total. The second kappa shape index (κ2) is 6.07. The lowest BCUT2D eigenvalue weighted by molar-refractivity contribution is 0.581. The highest BCUT2D eigenvalue weighted by atomic mass is 79.9. The maximum Gasteiger partial charge on any atom is 0.243 e. The van der Waals surface area contributed by atoms with Gasteiger partial charge in [0.25, 0.3) is 0 Å². The highest BCUT2D eigenvalue weighted by Crippen LogP contribution is 2.32. The molecular formula is C12H11BrCl2N2O2S. The summed E-state index contributed by atoms with van der Waals surface area (Å²) in [6.07, 6.45) is 3.66. The Morgan fingerprint density at radius 3 is 2.40 bits per heavy atom. The number of nitrogens with one attached hydrogen (secondary N) is 1. The molecule has 0 radical (unpaired) electrons. The molecule has 0 atom stereocenters. The first-order valence-electron chi connectivity index (χ1n) is 5.54. The van der Waals surface area contributed by atoms with Gasteiger partial charge in [0.2, 0.25) is 10.0 Å². The van der Waals surface area contributed by atoms with Crippen LogP contribution in [0.3, 0.4) is 0 Å². The summed E-state index contributed by atoms with van der Waals surface area (Å²) < 4.78 is 29.5. The highest BCUT2D eigenvalue weighted by Gasteiger charge is 2.22. The standard InChI is InChI=1S/C12H11BrCl2N2O2S/c1-17-3-2-8(7-17)6-16-20(18,19)12-10(14)4-9(13)5-11(12)15/h2-5,7,16H,6H2,1H3. The molecule has 0 spiro atoms. The van der Waals surface area contributed by atoms with Crippen molar-refractivity contribution < 1.29 is 8.42 Å². The Morgan fingerprint density at radius 2 is 1.90 bits per heavy atom. The van der Waals surface area contributed by atoms with E-state index in [9.17, 15) is 8.42 Å². The number of hydrogen-bond acceptors (Lipinski definition) is 2. The molecule has 0 unspecified atom stereocenters. The predicted molar refractivity (Wildman–Crippen MR) is 83.6 cm³/mol. The summed E-state index contributed by atoms with van der Waals surface area (Å²) in [6, 6.07) is 4.81. The van der Waals surface area contributed by atoms with E-state index in [4.69, 9.17) is 23.2 Å². The number of sulfonamides is 1. The smallest absolute Gasteiger partial charge is 0.243 e. The topological polar surface area (TPSA) is 51.1 Å². The van der Waals surface area contributed by atoms with Crippen LogP contribution >= 0.6 is 39.1 Å². The van der Waals surface area contributed by atoms with Crippen molar-refractivity contribution in [3.8, 4) is 0 Å². The fourth-order valence-electron chi connectivity index (χ4n) is 1.70. The van der Waals surface area contributed by atoms with Gasteiger partial charge in [-0.2, -0.15) is 0 Å². The minimum absolute atomic E-state index is 0.0740. The Kier molecular flexibility index (Phi) is 4.81. The fourth-order valence-corrected chi connectivity index (χ4v) is 4.65. The second-order valence-electron chi connectivity index (χ2n) is 4.21. The first-order valence-corrected chi connectivity index (χ1v) is 8.58. The quantitative estimate of drug-likeness (QED) is 0.857. The lowest BCUT2D eigenvalue weighted by Gasteiger charge is -2.10. The van der Waals surface area contributed by atoms with Crippen LogP contribution in [0.25, 0.3) is 0 Å². The summed E-state index contributed by atoms with van der Waals surface area (Å²) >= 11 is 15.1. The molecule has 8 heteroatoms. The van der Waals surface area contributed by atoms with Crippen molar-refractivity contribution in [3.05, 3.63) is 50.7 Å². The molecule has 0 saturated heterocycles. The largest absolute Gasteiger partial charge is 0.357 e. The molecule has 0 aliphatic carbocycles. The summed E-state index contributed by atoms with van der Waals surface area (Å²) in [5.41, 5.74) is 0.848. The van der Waals surface area contributed by atoms with Crippen molar-refractivity contribution in [2.75, 3.05) is 0 Å². The molecule has 1 heterocycles. The van der Waals surface area contributed by atoms with Crippen LogP contribution in [0.2, 0.25) is 10.0 Å². The van der Waals surface area contributed by atoms with Gasteiger partial charge in [0, 0.05) is 30.5 Å². The Balaban J connectivity index is 2.27. The van der Waals surface area contributed by atoms with E-state index in [1.807, 2.05) is 30.1 Å². The van der Waals surface area contributed by atoms with Gasteiger partial charge >= 0.3 is 0 Å². The van der Waals surface area contributed by atoms with Crippen LogP contribution in [0.5, 0.6) is 0 Å². The third kappa shape index (κ3) is 3.56. The minimum Gasteiger partial charge on any atom is -0.357 e. The lowest BCUT2D eigenvalue weighted by Crippen LogP contribution is -2.23. The summed E-state index contributed by atoms with van der Waals surface area (Å²) in [6.45, 7) is 0.173. The van der Waals surface area contributed by atoms with Gasteiger partial charge in [0.1, 0.15) is 4.90 Å². The molecule has 108 valence electrons. The van der Waals surface area contributed by atoms with Gasteiger partial charge in [-0.05, 0) is 23.8 Å². The number of halogens is 3. The van der Waals surface area contributed by atoms with Crippen LogP contribution < -0.4 is 4.72 Å². The zero-order chi connectivity index (χ0) is 14.9.